The van der Waals surface area contributed by atoms with Crippen molar-refractivity contribution >= 4 is 15.8 Å². The summed E-state index contributed by atoms with van der Waals surface area (Å²) in [6.07, 6.45) is 1.43. The maximum Gasteiger partial charge on any atom is 0.296 e. The number of rotatable bonds is 4. The van der Waals surface area contributed by atoms with Gasteiger partial charge in [0.25, 0.3) is 10.0 Å². The molecule has 2 heterocycles. The Kier molecular flexibility index (Phi) is 3.07. The van der Waals surface area contributed by atoms with Crippen LogP contribution in [0.2, 0.25) is 0 Å². The standard InChI is InChI=1S/C9H9N3O4S/c13-6-7-3-4-9(16-7)17(14,15)12-8-2-1-5-10-11-8/h1-5,13H,6H2,(H,11,12). The maximum absolute atomic E-state index is 11.8. The highest BCUT2D eigenvalue weighted by Crippen LogP contribution is 2.16. The molecular formula is C9H9N3O4S. The van der Waals surface area contributed by atoms with E-state index in [0.717, 1.165) is 0 Å². The summed E-state index contributed by atoms with van der Waals surface area (Å²) in [6, 6.07) is 5.64. The highest BCUT2D eigenvalue weighted by Gasteiger charge is 2.19. The lowest BCUT2D eigenvalue weighted by Gasteiger charge is -2.02. The molecule has 0 amide bonds. The van der Waals surface area contributed by atoms with Crippen LogP contribution in [0.25, 0.3) is 0 Å². The second-order valence-corrected chi connectivity index (χ2v) is 4.71. The van der Waals surface area contributed by atoms with Crippen LogP contribution in [0.4, 0.5) is 5.82 Å². The van der Waals surface area contributed by atoms with Crippen molar-refractivity contribution in [2.24, 2.45) is 0 Å². The summed E-state index contributed by atoms with van der Waals surface area (Å²) in [5.74, 6) is 0.263. The molecular weight excluding hydrogens is 246 g/mol. The second kappa shape index (κ2) is 4.52. The first-order chi connectivity index (χ1) is 8.12. The molecule has 0 aromatic carbocycles. The Labute approximate surface area is 97.2 Å². The lowest BCUT2D eigenvalue weighted by Crippen LogP contribution is -2.13. The van der Waals surface area contributed by atoms with Crippen molar-refractivity contribution in [1.29, 1.82) is 0 Å². The van der Waals surface area contributed by atoms with E-state index in [1.54, 1.807) is 6.07 Å². The fraction of sp³-hybridized carbons (Fsp3) is 0.111. The largest absolute Gasteiger partial charge is 0.445 e. The lowest BCUT2D eigenvalue weighted by molar-refractivity contribution is 0.236. The first-order valence-corrected chi connectivity index (χ1v) is 6.10. The molecule has 0 aliphatic rings. The topological polar surface area (TPSA) is 105 Å². The van der Waals surface area contributed by atoms with E-state index in [1.807, 2.05) is 0 Å². The average molecular weight is 255 g/mol. The van der Waals surface area contributed by atoms with Gasteiger partial charge < -0.3 is 9.52 Å². The fourth-order valence-corrected chi connectivity index (χ4v) is 2.08. The number of aromatic nitrogens is 2. The Morgan fingerprint density at radius 1 is 1.35 bits per heavy atom. The molecule has 0 saturated heterocycles. The minimum atomic E-state index is -3.83. The van der Waals surface area contributed by atoms with Crippen LogP contribution in [0.5, 0.6) is 0 Å². The zero-order valence-electron chi connectivity index (χ0n) is 8.57. The van der Waals surface area contributed by atoms with Gasteiger partial charge in [-0.25, -0.2) is 0 Å². The highest BCUT2D eigenvalue weighted by atomic mass is 32.2. The zero-order valence-corrected chi connectivity index (χ0v) is 9.38. The van der Waals surface area contributed by atoms with Gasteiger partial charge in [-0.1, -0.05) is 0 Å². The number of sulfonamides is 1. The Morgan fingerprint density at radius 2 is 2.18 bits per heavy atom. The third kappa shape index (κ3) is 2.60. The van der Waals surface area contributed by atoms with Crippen LogP contribution >= 0.6 is 0 Å². The van der Waals surface area contributed by atoms with Crippen LogP contribution in [0, 0.1) is 0 Å². The van der Waals surface area contributed by atoms with Crippen LogP contribution in [-0.4, -0.2) is 23.7 Å². The molecule has 90 valence electrons. The average Bonchev–Trinajstić information content (AvgIpc) is 2.79. The van der Waals surface area contributed by atoms with Crippen LogP contribution in [-0.2, 0) is 16.6 Å². The van der Waals surface area contributed by atoms with Crippen molar-refractivity contribution in [2.45, 2.75) is 11.7 Å². The SMILES string of the molecule is O=S(=O)(Nc1cccnn1)c1ccc(CO)o1. The minimum Gasteiger partial charge on any atom is -0.445 e. The summed E-state index contributed by atoms with van der Waals surface area (Å²) in [5.41, 5.74) is 0. The van der Waals surface area contributed by atoms with Gasteiger partial charge in [-0.05, 0) is 24.3 Å². The quantitative estimate of drug-likeness (QED) is 0.817. The van der Waals surface area contributed by atoms with E-state index in [0.29, 0.717) is 0 Å². The molecule has 0 aliphatic carbocycles. The number of aliphatic hydroxyl groups is 1. The van der Waals surface area contributed by atoms with E-state index in [-0.39, 0.29) is 23.3 Å². The van der Waals surface area contributed by atoms with Gasteiger partial charge in [0.05, 0.1) is 0 Å². The van der Waals surface area contributed by atoms with Gasteiger partial charge >= 0.3 is 0 Å². The summed E-state index contributed by atoms with van der Waals surface area (Å²) >= 11 is 0. The molecule has 0 saturated carbocycles. The molecule has 0 fully saturated rings. The molecule has 2 rings (SSSR count). The van der Waals surface area contributed by atoms with E-state index in [2.05, 4.69) is 14.9 Å². The predicted molar refractivity (Wildman–Crippen MR) is 57.5 cm³/mol. The number of furan rings is 1. The Morgan fingerprint density at radius 3 is 2.76 bits per heavy atom. The Balaban J connectivity index is 2.25. The second-order valence-electron chi connectivity index (χ2n) is 3.09. The third-order valence-corrected chi connectivity index (χ3v) is 3.10. The highest BCUT2D eigenvalue weighted by molar-refractivity contribution is 7.92. The van der Waals surface area contributed by atoms with Gasteiger partial charge in [0.2, 0.25) is 5.09 Å². The molecule has 0 aliphatic heterocycles. The minimum absolute atomic E-state index is 0.0921. The molecule has 0 atom stereocenters. The van der Waals surface area contributed by atoms with E-state index < -0.39 is 10.0 Å². The maximum atomic E-state index is 11.8. The van der Waals surface area contributed by atoms with Crippen LogP contribution in [0.3, 0.4) is 0 Å². The normalized spacial score (nSPS) is 11.4. The van der Waals surface area contributed by atoms with E-state index in [9.17, 15) is 8.42 Å². The molecule has 17 heavy (non-hydrogen) atoms. The number of aliphatic hydroxyl groups excluding tert-OH is 1. The van der Waals surface area contributed by atoms with Crippen molar-refractivity contribution in [3.63, 3.8) is 0 Å². The Bertz CT molecular complexity index is 594. The summed E-state index contributed by atoms with van der Waals surface area (Å²) in [4.78, 5) is 0. The van der Waals surface area contributed by atoms with Crippen molar-refractivity contribution in [3.05, 3.63) is 36.2 Å². The smallest absolute Gasteiger partial charge is 0.296 e. The summed E-state index contributed by atoms with van der Waals surface area (Å²) in [7, 11) is -3.83. The van der Waals surface area contributed by atoms with E-state index in [1.165, 1.54) is 24.4 Å². The van der Waals surface area contributed by atoms with Crippen molar-refractivity contribution in [1.82, 2.24) is 10.2 Å². The number of nitrogens with one attached hydrogen (secondary N) is 1. The van der Waals surface area contributed by atoms with Crippen LogP contribution in [0.1, 0.15) is 5.76 Å². The number of anilines is 1. The van der Waals surface area contributed by atoms with Crippen molar-refractivity contribution < 1.29 is 17.9 Å². The lowest BCUT2D eigenvalue weighted by atomic mass is 10.5. The molecule has 0 bridgehead atoms. The molecule has 2 N–H and O–H groups in total. The molecule has 7 nitrogen and oxygen atoms in total. The summed E-state index contributed by atoms with van der Waals surface area (Å²) < 4.78 is 30.7. The van der Waals surface area contributed by atoms with Crippen LogP contribution < -0.4 is 4.72 Å². The van der Waals surface area contributed by atoms with Gasteiger partial charge in [-0.3, -0.25) is 4.72 Å². The van der Waals surface area contributed by atoms with Crippen LogP contribution in [0.15, 0.2) is 40.0 Å². The van der Waals surface area contributed by atoms with Gasteiger partial charge in [0.1, 0.15) is 12.4 Å². The molecule has 8 heteroatoms. The number of hydrogen-bond acceptors (Lipinski definition) is 6. The monoisotopic (exact) mass is 255 g/mol. The van der Waals surface area contributed by atoms with Gasteiger partial charge in [-0.15, -0.1) is 5.10 Å². The predicted octanol–water partition coefficient (Wildman–Crippen LogP) is 0.363. The van der Waals surface area contributed by atoms with E-state index >= 15 is 0 Å². The summed E-state index contributed by atoms with van der Waals surface area (Å²) in [5, 5.41) is 15.6. The fourth-order valence-electron chi connectivity index (χ4n) is 1.13. The van der Waals surface area contributed by atoms with Gasteiger partial charge in [-0.2, -0.15) is 13.5 Å². The zero-order chi connectivity index (χ0) is 12.3. The number of nitrogens with zero attached hydrogens (tertiary/aromatic N) is 2. The molecule has 0 radical (unpaired) electrons. The molecule has 0 unspecified atom stereocenters. The molecule has 2 aromatic heterocycles. The first kappa shape index (κ1) is 11.6. The van der Waals surface area contributed by atoms with Gasteiger partial charge in [0, 0.05) is 6.20 Å². The van der Waals surface area contributed by atoms with Crippen molar-refractivity contribution in [3.8, 4) is 0 Å². The van der Waals surface area contributed by atoms with Gasteiger partial charge in [0.15, 0.2) is 5.82 Å². The first-order valence-electron chi connectivity index (χ1n) is 4.62. The Hall–Kier alpha value is -1.93. The van der Waals surface area contributed by atoms with E-state index in [4.69, 9.17) is 9.52 Å². The summed E-state index contributed by atoms with van der Waals surface area (Å²) in [6.45, 7) is -0.360. The third-order valence-electron chi connectivity index (χ3n) is 1.87. The number of hydrogen-bond donors (Lipinski definition) is 2. The molecule has 2 aromatic rings. The molecule has 0 spiro atoms. The van der Waals surface area contributed by atoms with Crippen molar-refractivity contribution in [2.75, 3.05) is 4.72 Å².